The van der Waals surface area contributed by atoms with Crippen LogP contribution in [0.25, 0.3) is 0 Å². The third kappa shape index (κ3) is 8.92. The molecule has 0 unspecified atom stereocenters. The van der Waals surface area contributed by atoms with Crippen LogP contribution in [-0.2, 0) is 0 Å². The molecule has 2 heteroatoms. The third-order valence-electron chi connectivity index (χ3n) is 2.50. The lowest BCUT2D eigenvalue weighted by molar-refractivity contribution is 1.15. The van der Waals surface area contributed by atoms with E-state index in [-0.39, 0.29) is 5.84 Å². The lowest BCUT2D eigenvalue weighted by atomic mass is 10.1. The molecule has 1 aromatic carbocycles. The van der Waals surface area contributed by atoms with Crippen LogP contribution in [0.3, 0.4) is 0 Å². The summed E-state index contributed by atoms with van der Waals surface area (Å²) in [4.78, 5) is 0. The van der Waals surface area contributed by atoms with Crippen molar-refractivity contribution in [3.8, 4) is 0 Å². The van der Waals surface area contributed by atoms with Gasteiger partial charge in [0.2, 0.25) is 0 Å². The van der Waals surface area contributed by atoms with Crippen molar-refractivity contribution in [3.63, 3.8) is 0 Å². The predicted octanol–water partition coefficient (Wildman–Crippen LogP) is 4.84. The first-order chi connectivity index (χ1) is 9.65. The Morgan fingerprint density at radius 2 is 1.85 bits per heavy atom. The summed E-state index contributed by atoms with van der Waals surface area (Å²) >= 11 is 0. The zero-order valence-electron chi connectivity index (χ0n) is 12.6. The van der Waals surface area contributed by atoms with Crippen molar-refractivity contribution in [2.45, 2.75) is 33.1 Å². The number of hydrogen-bond acceptors (Lipinski definition) is 1. The van der Waals surface area contributed by atoms with Gasteiger partial charge in [0.05, 0.1) is 0 Å². The van der Waals surface area contributed by atoms with Crippen molar-refractivity contribution in [3.05, 3.63) is 72.4 Å². The van der Waals surface area contributed by atoms with Crippen LogP contribution in [0.2, 0.25) is 0 Å². The van der Waals surface area contributed by atoms with Gasteiger partial charge in [0.1, 0.15) is 5.84 Å². The van der Waals surface area contributed by atoms with Crippen molar-refractivity contribution < 1.29 is 0 Å². The molecule has 0 aromatic heterocycles. The molecular formula is C18H26N2. The van der Waals surface area contributed by atoms with Gasteiger partial charge in [0.25, 0.3) is 0 Å². The molecule has 0 radical (unpaired) electrons. The number of allylic oxidation sites excluding steroid dienone is 5. The van der Waals surface area contributed by atoms with Gasteiger partial charge >= 0.3 is 0 Å². The van der Waals surface area contributed by atoms with E-state index < -0.39 is 0 Å². The molecular weight excluding hydrogens is 244 g/mol. The molecule has 0 amide bonds. The predicted molar refractivity (Wildman–Crippen MR) is 90.1 cm³/mol. The summed E-state index contributed by atoms with van der Waals surface area (Å²) < 4.78 is 0. The standard InChI is InChI=1S/C11H18.C7H8N2/c1-4-7-10-11(8-5-2)9-6-3;8-7(9)6-4-2-1-3-5-6/h5,7,9-10H,2,4,6,8H2,1,3H3;1-5H,(H3,8,9)/b10-7-,11-9-;. The van der Waals surface area contributed by atoms with E-state index >= 15 is 0 Å². The minimum Gasteiger partial charge on any atom is -0.384 e. The molecule has 2 nitrogen and oxygen atoms in total. The number of benzene rings is 1. The summed E-state index contributed by atoms with van der Waals surface area (Å²) in [5.41, 5.74) is 7.35. The fraction of sp³-hybridized carbons (Fsp3) is 0.278. The fourth-order valence-corrected chi connectivity index (χ4v) is 1.54. The second-order valence-electron chi connectivity index (χ2n) is 4.27. The summed E-state index contributed by atoms with van der Waals surface area (Å²) in [5.74, 6) is 0.121. The van der Waals surface area contributed by atoms with Crippen molar-refractivity contribution in [2.24, 2.45) is 5.73 Å². The molecule has 0 heterocycles. The van der Waals surface area contributed by atoms with Gasteiger partial charge in [-0.1, -0.05) is 68.5 Å². The maximum Gasteiger partial charge on any atom is 0.122 e. The molecule has 0 fully saturated rings. The largest absolute Gasteiger partial charge is 0.384 e. The van der Waals surface area contributed by atoms with E-state index in [0.717, 1.165) is 24.8 Å². The van der Waals surface area contributed by atoms with Gasteiger partial charge < -0.3 is 5.73 Å². The summed E-state index contributed by atoms with van der Waals surface area (Å²) in [7, 11) is 0. The Morgan fingerprint density at radius 1 is 1.20 bits per heavy atom. The summed E-state index contributed by atoms with van der Waals surface area (Å²) in [6.45, 7) is 8.02. The van der Waals surface area contributed by atoms with E-state index in [1.165, 1.54) is 5.57 Å². The third-order valence-corrected chi connectivity index (χ3v) is 2.50. The number of nitrogen functional groups attached to an aromatic ring is 1. The highest BCUT2D eigenvalue weighted by Crippen LogP contribution is 2.05. The Hall–Kier alpha value is -2.09. The monoisotopic (exact) mass is 270 g/mol. The summed E-state index contributed by atoms with van der Waals surface area (Å²) in [6.07, 6.45) is 11.8. The van der Waals surface area contributed by atoms with Gasteiger partial charge in [-0.05, 0) is 24.8 Å². The normalized spacial score (nSPS) is 10.8. The van der Waals surface area contributed by atoms with Crippen LogP contribution < -0.4 is 5.73 Å². The lowest BCUT2D eigenvalue weighted by Gasteiger charge is -1.95. The van der Waals surface area contributed by atoms with Crippen molar-refractivity contribution >= 4 is 5.84 Å². The van der Waals surface area contributed by atoms with Crippen molar-refractivity contribution in [1.82, 2.24) is 0 Å². The highest BCUT2D eigenvalue weighted by molar-refractivity contribution is 5.94. The van der Waals surface area contributed by atoms with Crippen LogP contribution in [0.4, 0.5) is 0 Å². The van der Waals surface area contributed by atoms with Crippen LogP contribution in [0, 0.1) is 5.41 Å². The van der Waals surface area contributed by atoms with Gasteiger partial charge in [-0.3, -0.25) is 5.41 Å². The molecule has 0 aliphatic carbocycles. The number of nitrogens with two attached hydrogens (primary N) is 1. The quantitative estimate of drug-likeness (QED) is 0.330. The topological polar surface area (TPSA) is 49.9 Å². The Bertz CT molecular complexity index is 442. The van der Waals surface area contributed by atoms with E-state index in [2.05, 4.69) is 38.7 Å². The number of nitrogens with one attached hydrogen (secondary N) is 1. The first-order valence-corrected chi connectivity index (χ1v) is 7.01. The zero-order chi connectivity index (χ0) is 15.2. The van der Waals surface area contributed by atoms with Crippen LogP contribution in [-0.4, -0.2) is 5.84 Å². The van der Waals surface area contributed by atoms with Crippen LogP contribution >= 0.6 is 0 Å². The zero-order valence-corrected chi connectivity index (χ0v) is 12.6. The first kappa shape index (κ1) is 17.9. The van der Waals surface area contributed by atoms with E-state index in [1.54, 1.807) is 0 Å². The van der Waals surface area contributed by atoms with Gasteiger partial charge in [0.15, 0.2) is 0 Å². The van der Waals surface area contributed by atoms with Crippen molar-refractivity contribution in [2.75, 3.05) is 0 Å². The Morgan fingerprint density at radius 3 is 2.25 bits per heavy atom. The first-order valence-electron chi connectivity index (χ1n) is 7.01. The number of rotatable bonds is 6. The number of hydrogen-bond donors (Lipinski definition) is 2. The van der Waals surface area contributed by atoms with Gasteiger partial charge in [-0.25, -0.2) is 0 Å². The second-order valence-corrected chi connectivity index (χ2v) is 4.27. The molecule has 0 saturated carbocycles. The molecule has 0 spiro atoms. The molecule has 0 aliphatic rings. The van der Waals surface area contributed by atoms with Gasteiger partial charge in [-0.15, -0.1) is 6.58 Å². The summed E-state index contributed by atoms with van der Waals surface area (Å²) in [5, 5.41) is 7.01. The lowest BCUT2D eigenvalue weighted by Crippen LogP contribution is -2.10. The van der Waals surface area contributed by atoms with E-state index in [4.69, 9.17) is 11.1 Å². The molecule has 108 valence electrons. The van der Waals surface area contributed by atoms with Crippen LogP contribution in [0.1, 0.15) is 38.7 Å². The summed E-state index contributed by atoms with van der Waals surface area (Å²) in [6, 6.07) is 9.23. The maximum absolute atomic E-state index is 7.01. The van der Waals surface area contributed by atoms with Crippen LogP contribution in [0.5, 0.6) is 0 Å². The number of amidine groups is 1. The second kappa shape index (κ2) is 12.0. The Kier molecular flexibility index (Phi) is 10.7. The smallest absolute Gasteiger partial charge is 0.122 e. The molecule has 3 N–H and O–H groups in total. The molecule has 0 atom stereocenters. The highest BCUT2D eigenvalue weighted by Gasteiger charge is 1.89. The van der Waals surface area contributed by atoms with E-state index in [9.17, 15) is 0 Å². The minimum atomic E-state index is 0.121. The highest BCUT2D eigenvalue weighted by atomic mass is 14.7. The molecule has 1 aromatic rings. The van der Waals surface area contributed by atoms with Gasteiger partial charge in [-0.2, -0.15) is 0 Å². The molecule has 0 bridgehead atoms. The molecule has 0 aliphatic heterocycles. The van der Waals surface area contributed by atoms with Gasteiger partial charge in [0, 0.05) is 5.56 Å². The SMILES string of the molecule is C=CCC(/C=C\CC)=C/CC.N=C(N)c1ccccc1. The van der Waals surface area contributed by atoms with Crippen molar-refractivity contribution in [1.29, 1.82) is 5.41 Å². The molecule has 0 saturated heterocycles. The van der Waals surface area contributed by atoms with E-state index in [1.807, 2.05) is 36.4 Å². The maximum atomic E-state index is 7.01. The molecule has 1 rings (SSSR count). The minimum absolute atomic E-state index is 0.121. The molecule has 20 heavy (non-hydrogen) atoms. The Labute approximate surface area is 123 Å². The van der Waals surface area contributed by atoms with E-state index in [0.29, 0.717) is 0 Å². The fourth-order valence-electron chi connectivity index (χ4n) is 1.54. The van der Waals surface area contributed by atoms with Crippen LogP contribution in [0.15, 0.2) is 66.8 Å². The Balaban J connectivity index is 0.000000367. The average Bonchev–Trinajstić information content (AvgIpc) is 2.47. The average molecular weight is 270 g/mol.